The average Bonchev–Trinajstić information content (AvgIpc) is 2.73. The zero-order valence-corrected chi connectivity index (χ0v) is 9.57. The van der Waals surface area contributed by atoms with E-state index in [1.54, 1.807) is 19.2 Å². The van der Waals surface area contributed by atoms with Crippen molar-refractivity contribution in [3.8, 4) is 11.5 Å². The lowest BCUT2D eigenvalue weighted by Crippen LogP contribution is -2.19. The van der Waals surface area contributed by atoms with Crippen LogP contribution in [0, 0.1) is 0 Å². The standard InChI is InChI=1S/C10H12O5S/c1-12-9-4-2-3-5-10(9)13-6-8-7-14-16(11)15-8/h2-5,8H,6-7H2,1H3. The minimum absolute atomic E-state index is 0.280. The van der Waals surface area contributed by atoms with Gasteiger partial charge in [-0.05, 0) is 12.1 Å². The zero-order chi connectivity index (χ0) is 11.4. The molecule has 1 aliphatic heterocycles. The van der Waals surface area contributed by atoms with E-state index >= 15 is 0 Å². The molecule has 0 N–H and O–H groups in total. The van der Waals surface area contributed by atoms with Crippen molar-refractivity contribution in [1.29, 1.82) is 0 Å². The van der Waals surface area contributed by atoms with E-state index in [1.165, 1.54) is 0 Å². The number of hydrogen-bond donors (Lipinski definition) is 0. The molecule has 1 aliphatic rings. The van der Waals surface area contributed by atoms with Crippen molar-refractivity contribution in [2.24, 2.45) is 0 Å². The Bertz CT molecular complexity index is 381. The number of benzene rings is 1. The molecule has 2 rings (SSSR count). The minimum Gasteiger partial charge on any atom is -0.493 e. The molecule has 0 aliphatic carbocycles. The lowest BCUT2D eigenvalue weighted by atomic mass is 10.3. The molecule has 1 heterocycles. The minimum atomic E-state index is -1.63. The first-order valence-corrected chi connectivity index (χ1v) is 5.77. The van der Waals surface area contributed by atoms with E-state index < -0.39 is 11.4 Å². The van der Waals surface area contributed by atoms with Crippen LogP contribution in [-0.2, 0) is 19.7 Å². The van der Waals surface area contributed by atoms with Crippen LogP contribution in [0.25, 0.3) is 0 Å². The van der Waals surface area contributed by atoms with Gasteiger partial charge >= 0.3 is 11.4 Å². The quantitative estimate of drug-likeness (QED) is 0.793. The number of para-hydroxylation sites is 2. The summed E-state index contributed by atoms with van der Waals surface area (Å²) in [7, 11) is 1.58. The second-order valence-electron chi connectivity index (χ2n) is 3.17. The first kappa shape index (κ1) is 11.4. The van der Waals surface area contributed by atoms with Gasteiger partial charge in [0.05, 0.1) is 13.7 Å². The molecule has 1 saturated heterocycles. The Balaban J connectivity index is 1.91. The second kappa shape index (κ2) is 5.29. The van der Waals surface area contributed by atoms with Crippen molar-refractivity contribution >= 4 is 11.4 Å². The van der Waals surface area contributed by atoms with Gasteiger partial charge in [0, 0.05) is 0 Å². The van der Waals surface area contributed by atoms with E-state index in [1.807, 2.05) is 12.1 Å². The van der Waals surface area contributed by atoms with Gasteiger partial charge in [0.1, 0.15) is 12.7 Å². The summed E-state index contributed by atoms with van der Waals surface area (Å²) in [5.74, 6) is 1.29. The molecule has 0 saturated carbocycles. The van der Waals surface area contributed by atoms with Crippen molar-refractivity contribution < 1.29 is 22.0 Å². The topological polar surface area (TPSA) is 54.0 Å². The molecule has 16 heavy (non-hydrogen) atoms. The third-order valence-electron chi connectivity index (χ3n) is 2.06. The zero-order valence-electron chi connectivity index (χ0n) is 8.75. The Morgan fingerprint density at radius 1 is 1.44 bits per heavy atom. The summed E-state index contributed by atoms with van der Waals surface area (Å²) in [5, 5.41) is 0. The Hall–Kier alpha value is -1.11. The van der Waals surface area contributed by atoms with Crippen LogP contribution in [0.15, 0.2) is 24.3 Å². The highest BCUT2D eigenvalue weighted by molar-refractivity contribution is 7.75. The highest BCUT2D eigenvalue weighted by Crippen LogP contribution is 2.26. The van der Waals surface area contributed by atoms with Crippen molar-refractivity contribution in [3.05, 3.63) is 24.3 Å². The fraction of sp³-hybridized carbons (Fsp3) is 0.400. The van der Waals surface area contributed by atoms with Gasteiger partial charge in [-0.25, -0.2) is 0 Å². The SMILES string of the molecule is COc1ccccc1OCC1COS(=O)O1. The fourth-order valence-electron chi connectivity index (χ4n) is 1.29. The van der Waals surface area contributed by atoms with Crippen molar-refractivity contribution in [2.75, 3.05) is 20.3 Å². The van der Waals surface area contributed by atoms with Gasteiger partial charge in [0.15, 0.2) is 11.5 Å². The maximum atomic E-state index is 10.8. The van der Waals surface area contributed by atoms with Crippen LogP contribution in [0.4, 0.5) is 0 Å². The summed E-state index contributed by atoms with van der Waals surface area (Å²) in [5.41, 5.74) is 0. The Labute approximate surface area is 96.1 Å². The molecule has 0 radical (unpaired) electrons. The normalized spacial score (nSPS) is 24.3. The lowest BCUT2D eigenvalue weighted by Gasteiger charge is -2.11. The third-order valence-corrected chi connectivity index (χ3v) is 2.82. The largest absolute Gasteiger partial charge is 0.493 e. The lowest BCUT2D eigenvalue weighted by molar-refractivity contribution is 0.148. The molecule has 88 valence electrons. The summed E-state index contributed by atoms with van der Waals surface area (Å²) in [6.45, 7) is 0.563. The Morgan fingerprint density at radius 2 is 2.19 bits per heavy atom. The predicted molar refractivity (Wildman–Crippen MR) is 57.5 cm³/mol. The van der Waals surface area contributed by atoms with Crippen LogP contribution in [0.5, 0.6) is 11.5 Å². The highest BCUT2D eigenvalue weighted by atomic mass is 32.2. The van der Waals surface area contributed by atoms with Gasteiger partial charge in [-0.15, -0.1) is 0 Å². The van der Waals surface area contributed by atoms with Crippen LogP contribution in [-0.4, -0.2) is 30.6 Å². The molecule has 0 spiro atoms. The molecule has 2 atom stereocenters. The van der Waals surface area contributed by atoms with Crippen LogP contribution in [0.1, 0.15) is 0 Å². The van der Waals surface area contributed by atoms with E-state index in [-0.39, 0.29) is 19.3 Å². The predicted octanol–water partition coefficient (Wildman–Crippen LogP) is 1.07. The number of hydrogen-bond acceptors (Lipinski definition) is 5. The maximum absolute atomic E-state index is 10.8. The number of rotatable bonds is 4. The van der Waals surface area contributed by atoms with E-state index in [4.69, 9.17) is 17.8 Å². The molecule has 1 aromatic carbocycles. The third kappa shape index (κ3) is 2.72. The molecule has 0 amide bonds. The average molecular weight is 244 g/mol. The molecule has 2 unspecified atom stereocenters. The van der Waals surface area contributed by atoms with Gasteiger partial charge < -0.3 is 9.47 Å². The maximum Gasteiger partial charge on any atom is 0.305 e. The highest BCUT2D eigenvalue weighted by Gasteiger charge is 2.24. The van der Waals surface area contributed by atoms with Crippen LogP contribution in [0.2, 0.25) is 0 Å². The van der Waals surface area contributed by atoms with Gasteiger partial charge in [0.25, 0.3) is 0 Å². The monoisotopic (exact) mass is 244 g/mol. The van der Waals surface area contributed by atoms with Crippen molar-refractivity contribution in [3.63, 3.8) is 0 Å². The van der Waals surface area contributed by atoms with Crippen molar-refractivity contribution in [2.45, 2.75) is 6.10 Å². The number of methoxy groups -OCH3 is 1. The smallest absolute Gasteiger partial charge is 0.305 e. The van der Waals surface area contributed by atoms with E-state index in [9.17, 15) is 4.21 Å². The van der Waals surface area contributed by atoms with Crippen molar-refractivity contribution in [1.82, 2.24) is 0 Å². The summed E-state index contributed by atoms with van der Waals surface area (Å²) in [4.78, 5) is 0. The van der Waals surface area contributed by atoms with Gasteiger partial charge in [0.2, 0.25) is 0 Å². The van der Waals surface area contributed by atoms with E-state index in [2.05, 4.69) is 0 Å². The van der Waals surface area contributed by atoms with Crippen LogP contribution in [0.3, 0.4) is 0 Å². The summed E-state index contributed by atoms with van der Waals surface area (Å²) < 4.78 is 31.1. The van der Waals surface area contributed by atoms with Gasteiger partial charge in [-0.1, -0.05) is 12.1 Å². The molecule has 5 nitrogen and oxygen atoms in total. The van der Waals surface area contributed by atoms with E-state index in [0.717, 1.165) is 0 Å². The fourth-order valence-corrected chi connectivity index (χ4v) is 1.95. The Kier molecular flexibility index (Phi) is 3.76. The summed E-state index contributed by atoms with van der Waals surface area (Å²) in [6, 6.07) is 7.31. The van der Waals surface area contributed by atoms with Crippen LogP contribution < -0.4 is 9.47 Å². The molecule has 0 aromatic heterocycles. The van der Waals surface area contributed by atoms with Crippen LogP contribution >= 0.6 is 0 Å². The second-order valence-corrected chi connectivity index (χ2v) is 4.01. The number of ether oxygens (including phenoxy) is 2. The molecule has 0 bridgehead atoms. The van der Waals surface area contributed by atoms with Gasteiger partial charge in [-0.3, -0.25) is 8.37 Å². The Morgan fingerprint density at radius 3 is 2.81 bits per heavy atom. The van der Waals surface area contributed by atoms with E-state index in [0.29, 0.717) is 11.5 Å². The summed E-state index contributed by atoms with van der Waals surface area (Å²) >= 11 is -1.63. The molecular formula is C10H12O5S. The first-order chi connectivity index (χ1) is 7.79. The summed E-state index contributed by atoms with van der Waals surface area (Å²) in [6.07, 6.45) is -0.300. The molecule has 1 aromatic rings. The first-order valence-electron chi connectivity index (χ1n) is 4.77. The molecular weight excluding hydrogens is 232 g/mol. The molecule has 6 heteroatoms. The van der Waals surface area contributed by atoms with Gasteiger partial charge in [-0.2, -0.15) is 4.21 Å². The molecule has 1 fully saturated rings.